The van der Waals surface area contributed by atoms with E-state index in [4.69, 9.17) is 0 Å². The fourth-order valence-corrected chi connectivity index (χ4v) is 3.20. The molecule has 1 N–H and O–H groups in total. The van der Waals surface area contributed by atoms with Crippen molar-refractivity contribution >= 4 is 0 Å². The predicted octanol–water partition coefficient (Wildman–Crippen LogP) is 4.30. The van der Waals surface area contributed by atoms with Crippen molar-refractivity contribution in [3.8, 4) is 17.2 Å². The van der Waals surface area contributed by atoms with Crippen molar-refractivity contribution in [3.63, 3.8) is 0 Å². The number of nitrogens with one attached hydrogen (secondary N) is 1. The molecule has 0 aliphatic rings. The molecule has 0 bridgehead atoms. The Kier molecular flexibility index (Phi) is 5.46. The van der Waals surface area contributed by atoms with E-state index in [1.807, 2.05) is 6.92 Å². The van der Waals surface area contributed by atoms with Crippen LogP contribution in [0.25, 0.3) is 11.1 Å². The number of benzene rings is 2. The van der Waals surface area contributed by atoms with Crippen LogP contribution in [0, 0.1) is 24.1 Å². The molecular weight excluding hydrogens is 341 g/mol. The topological polar surface area (TPSA) is 69.5 Å². The Morgan fingerprint density at radius 1 is 1.19 bits per heavy atom. The quantitative estimate of drug-likeness (QED) is 0.737. The Morgan fingerprint density at radius 3 is 2.67 bits per heavy atom. The first-order valence-corrected chi connectivity index (χ1v) is 8.90. The molecule has 0 saturated carbocycles. The maximum absolute atomic E-state index is 14.8. The maximum atomic E-state index is 14.8. The number of hydrogen-bond acceptors (Lipinski definition) is 3. The number of nitrogens with zero attached hydrogens (tertiary/aromatic N) is 2. The van der Waals surface area contributed by atoms with Crippen molar-refractivity contribution < 1.29 is 4.39 Å². The summed E-state index contributed by atoms with van der Waals surface area (Å²) in [4.78, 5) is 19.5. The van der Waals surface area contributed by atoms with Gasteiger partial charge in [-0.05, 0) is 31.0 Å². The van der Waals surface area contributed by atoms with E-state index in [-0.39, 0.29) is 5.56 Å². The van der Waals surface area contributed by atoms with Crippen molar-refractivity contribution in [1.29, 1.82) is 5.26 Å². The SMILES string of the molecule is CCCc1nc(C)[nH]c(=O)c1Cc1ccc(-c2ccccc2C#N)c(F)c1. The van der Waals surface area contributed by atoms with Crippen LogP contribution in [0.5, 0.6) is 0 Å². The summed E-state index contributed by atoms with van der Waals surface area (Å²) in [5.74, 6) is 0.172. The van der Waals surface area contributed by atoms with Gasteiger partial charge in [0.15, 0.2) is 0 Å². The van der Waals surface area contributed by atoms with Gasteiger partial charge in [-0.15, -0.1) is 0 Å². The molecule has 0 spiro atoms. The van der Waals surface area contributed by atoms with Gasteiger partial charge in [-0.25, -0.2) is 9.37 Å². The average Bonchev–Trinajstić information content (AvgIpc) is 2.65. The van der Waals surface area contributed by atoms with Crippen LogP contribution in [0.3, 0.4) is 0 Å². The highest BCUT2D eigenvalue weighted by atomic mass is 19.1. The molecule has 0 fully saturated rings. The summed E-state index contributed by atoms with van der Waals surface area (Å²) < 4.78 is 14.8. The molecule has 2 aromatic carbocycles. The van der Waals surface area contributed by atoms with E-state index >= 15 is 0 Å². The fraction of sp³-hybridized carbons (Fsp3) is 0.227. The number of aryl methyl sites for hydroxylation is 2. The molecule has 0 aliphatic heterocycles. The second-order valence-corrected chi connectivity index (χ2v) is 6.47. The fourth-order valence-electron chi connectivity index (χ4n) is 3.20. The van der Waals surface area contributed by atoms with E-state index in [0.29, 0.717) is 46.5 Å². The van der Waals surface area contributed by atoms with Gasteiger partial charge in [0.1, 0.15) is 11.6 Å². The Morgan fingerprint density at radius 2 is 1.96 bits per heavy atom. The van der Waals surface area contributed by atoms with Crippen molar-refractivity contribution in [3.05, 3.63) is 86.8 Å². The van der Waals surface area contributed by atoms with Gasteiger partial charge in [-0.3, -0.25) is 4.79 Å². The average molecular weight is 361 g/mol. The molecule has 1 heterocycles. The third-order valence-corrected chi connectivity index (χ3v) is 4.46. The lowest BCUT2D eigenvalue weighted by Gasteiger charge is -2.10. The summed E-state index contributed by atoms with van der Waals surface area (Å²) in [6.07, 6.45) is 1.90. The number of hydrogen-bond donors (Lipinski definition) is 1. The van der Waals surface area contributed by atoms with Crippen LogP contribution in [-0.4, -0.2) is 9.97 Å². The third-order valence-electron chi connectivity index (χ3n) is 4.46. The van der Waals surface area contributed by atoms with E-state index in [1.54, 1.807) is 43.3 Å². The highest BCUT2D eigenvalue weighted by molar-refractivity contribution is 5.71. The smallest absolute Gasteiger partial charge is 0.254 e. The molecular formula is C22H20FN3O. The van der Waals surface area contributed by atoms with E-state index in [0.717, 1.165) is 12.1 Å². The molecule has 3 rings (SSSR count). The van der Waals surface area contributed by atoms with Crippen LogP contribution in [-0.2, 0) is 12.8 Å². The molecule has 1 aromatic heterocycles. The van der Waals surface area contributed by atoms with Crippen molar-refractivity contribution in [2.75, 3.05) is 0 Å². The lowest BCUT2D eigenvalue weighted by molar-refractivity contribution is 0.629. The van der Waals surface area contributed by atoms with Crippen LogP contribution in [0.4, 0.5) is 4.39 Å². The zero-order valence-electron chi connectivity index (χ0n) is 15.3. The van der Waals surface area contributed by atoms with E-state index < -0.39 is 5.82 Å². The number of halogens is 1. The Labute approximate surface area is 157 Å². The number of aromatic nitrogens is 2. The number of H-pyrrole nitrogens is 1. The first-order valence-electron chi connectivity index (χ1n) is 8.90. The van der Waals surface area contributed by atoms with E-state index in [9.17, 15) is 14.4 Å². The third kappa shape index (κ3) is 3.95. The van der Waals surface area contributed by atoms with Crippen LogP contribution in [0.15, 0.2) is 47.3 Å². The second kappa shape index (κ2) is 7.96. The first-order chi connectivity index (χ1) is 13.0. The van der Waals surface area contributed by atoms with Crippen molar-refractivity contribution in [2.24, 2.45) is 0 Å². The number of nitriles is 1. The molecule has 27 heavy (non-hydrogen) atoms. The molecule has 0 radical (unpaired) electrons. The van der Waals surface area contributed by atoms with Crippen LogP contribution in [0.2, 0.25) is 0 Å². The maximum Gasteiger partial charge on any atom is 0.254 e. The molecule has 0 atom stereocenters. The molecule has 0 aliphatic carbocycles. The van der Waals surface area contributed by atoms with Gasteiger partial charge in [0, 0.05) is 23.1 Å². The molecule has 0 amide bonds. The molecule has 0 unspecified atom stereocenters. The molecule has 0 saturated heterocycles. The van der Waals surface area contributed by atoms with Gasteiger partial charge < -0.3 is 4.98 Å². The van der Waals surface area contributed by atoms with Crippen LogP contribution >= 0.6 is 0 Å². The number of rotatable bonds is 5. The first kappa shape index (κ1) is 18.5. The van der Waals surface area contributed by atoms with Crippen LogP contribution in [0.1, 0.15) is 41.6 Å². The van der Waals surface area contributed by atoms with Gasteiger partial charge in [0.25, 0.3) is 5.56 Å². The molecule has 136 valence electrons. The lowest BCUT2D eigenvalue weighted by atomic mass is 9.96. The van der Waals surface area contributed by atoms with Crippen molar-refractivity contribution in [2.45, 2.75) is 33.1 Å². The predicted molar refractivity (Wildman–Crippen MR) is 103 cm³/mol. The minimum Gasteiger partial charge on any atom is -0.311 e. The highest BCUT2D eigenvalue weighted by Gasteiger charge is 2.14. The molecule has 3 aromatic rings. The zero-order chi connectivity index (χ0) is 19.4. The summed E-state index contributed by atoms with van der Waals surface area (Å²) in [5.41, 5.74) is 3.22. The second-order valence-electron chi connectivity index (χ2n) is 6.47. The van der Waals surface area contributed by atoms with Crippen LogP contribution < -0.4 is 5.56 Å². The van der Waals surface area contributed by atoms with Gasteiger partial charge in [-0.1, -0.05) is 43.7 Å². The normalized spacial score (nSPS) is 10.6. The van der Waals surface area contributed by atoms with Gasteiger partial charge >= 0.3 is 0 Å². The Bertz CT molecular complexity index is 1080. The summed E-state index contributed by atoms with van der Waals surface area (Å²) in [6, 6.07) is 13.9. The monoisotopic (exact) mass is 361 g/mol. The minimum atomic E-state index is -0.413. The highest BCUT2D eigenvalue weighted by Crippen LogP contribution is 2.27. The Hall–Kier alpha value is -3.26. The summed E-state index contributed by atoms with van der Waals surface area (Å²) in [7, 11) is 0. The van der Waals surface area contributed by atoms with Crippen molar-refractivity contribution in [1.82, 2.24) is 9.97 Å². The van der Waals surface area contributed by atoms with Gasteiger partial charge in [-0.2, -0.15) is 5.26 Å². The standard InChI is InChI=1S/C22H20FN3O/c1-3-6-21-19(22(27)26-14(2)25-21)11-15-9-10-18(20(23)12-15)17-8-5-4-7-16(17)13-24/h4-5,7-10,12H,3,6,11H2,1-2H3,(H,25,26,27). The lowest BCUT2D eigenvalue weighted by Crippen LogP contribution is -2.19. The summed E-state index contributed by atoms with van der Waals surface area (Å²) >= 11 is 0. The molecule has 5 heteroatoms. The minimum absolute atomic E-state index is 0.176. The number of aromatic amines is 1. The van der Waals surface area contributed by atoms with E-state index in [1.165, 1.54) is 6.07 Å². The zero-order valence-corrected chi connectivity index (χ0v) is 15.3. The molecule has 4 nitrogen and oxygen atoms in total. The van der Waals surface area contributed by atoms with Gasteiger partial charge in [0.05, 0.1) is 17.3 Å². The summed E-state index contributed by atoms with van der Waals surface area (Å²) in [6.45, 7) is 3.79. The van der Waals surface area contributed by atoms with Gasteiger partial charge in [0.2, 0.25) is 0 Å². The summed E-state index contributed by atoms with van der Waals surface area (Å²) in [5, 5.41) is 9.24. The Balaban J connectivity index is 1.99. The van der Waals surface area contributed by atoms with E-state index in [2.05, 4.69) is 16.0 Å². The largest absolute Gasteiger partial charge is 0.311 e.